The van der Waals surface area contributed by atoms with E-state index in [0.717, 1.165) is 25.3 Å². The predicted molar refractivity (Wildman–Crippen MR) is 114 cm³/mol. The Morgan fingerprint density at radius 1 is 1.21 bits per heavy atom. The van der Waals surface area contributed by atoms with Crippen LogP contribution in [0.4, 0.5) is 5.69 Å². The predicted octanol–water partition coefficient (Wildman–Crippen LogP) is 2.96. The van der Waals surface area contributed by atoms with E-state index >= 15 is 0 Å². The van der Waals surface area contributed by atoms with E-state index in [1.807, 2.05) is 18.5 Å². The molecule has 3 aromatic rings. The van der Waals surface area contributed by atoms with Crippen molar-refractivity contribution >= 4 is 11.6 Å². The van der Waals surface area contributed by atoms with Gasteiger partial charge in [0.25, 0.3) is 0 Å². The molecule has 7 nitrogen and oxygen atoms in total. The molecule has 0 saturated heterocycles. The minimum absolute atomic E-state index is 0.590. The van der Waals surface area contributed by atoms with Gasteiger partial charge in [0.15, 0.2) is 6.19 Å². The molecule has 1 aromatic heterocycles. The maximum absolute atomic E-state index is 9.09. The number of benzene rings is 2. The molecule has 2 aromatic carbocycles. The molecule has 0 spiro atoms. The molecule has 0 unspecified atom stereocenters. The molecule has 0 bridgehead atoms. The van der Waals surface area contributed by atoms with Crippen molar-refractivity contribution in [1.82, 2.24) is 20.2 Å². The number of imidazole rings is 1. The van der Waals surface area contributed by atoms with Crippen LogP contribution >= 0.6 is 0 Å². The summed E-state index contributed by atoms with van der Waals surface area (Å²) in [4.78, 5) is 16.1. The van der Waals surface area contributed by atoms with Gasteiger partial charge in [-0.05, 0) is 28.8 Å². The summed E-state index contributed by atoms with van der Waals surface area (Å²) in [6.07, 6.45) is 5.56. The lowest BCUT2D eigenvalue weighted by molar-refractivity contribution is 0.417. The molecule has 7 heteroatoms. The van der Waals surface area contributed by atoms with E-state index in [0.29, 0.717) is 12.5 Å². The first-order chi connectivity index (χ1) is 14.3. The molecule has 4 rings (SSSR count). The Balaban J connectivity index is 1.72. The van der Waals surface area contributed by atoms with Crippen molar-refractivity contribution in [3.8, 4) is 17.3 Å². The lowest BCUT2D eigenvalue weighted by Gasteiger charge is -2.25. The lowest BCUT2D eigenvalue weighted by Crippen LogP contribution is -2.41. The summed E-state index contributed by atoms with van der Waals surface area (Å²) in [7, 11) is 1.70. The van der Waals surface area contributed by atoms with Crippen molar-refractivity contribution in [2.45, 2.75) is 13.1 Å². The second-order valence-corrected chi connectivity index (χ2v) is 6.91. The third-order valence-electron chi connectivity index (χ3n) is 5.12. The monoisotopic (exact) mass is 385 g/mol. The van der Waals surface area contributed by atoms with E-state index in [1.165, 1.54) is 22.4 Å². The van der Waals surface area contributed by atoms with Gasteiger partial charge in [0.1, 0.15) is 0 Å². The quantitative estimate of drug-likeness (QED) is 0.313. The Morgan fingerprint density at radius 3 is 2.79 bits per heavy atom. The Hall–Kier alpha value is -3.79. The Morgan fingerprint density at radius 2 is 2.07 bits per heavy atom. The van der Waals surface area contributed by atoms with Crippen molar-refractivity contribution in [1.29, 1.82) is 5.26 Å². The van der Waals surface area contributed by atoms with Gasteiger partial charge in [-0.2, -0.15) is 5.26 Å². The van der Waals surface area contributed by atoms with Gasteiger partial charge in [-0.3, -0.25) is 10.3 Å². The molecule has 0 saturated carbocycles. The van der Waals surface area contributed by atoms with Crippen LogP contribution in [0.2, 0.25) is 0 Å². The molecule has 0 radical (unpaired) electrons. The SMILES string of the molecule is CN=C(NC#N)N1CCN(Cc2cnc[nH]2)c2ccc(-c3ccccc3)cc2C1. The standard InChI is InChI=1S/C22H23N7/c1-24-22(26-15-23)29-10-9-28(14-20-12-25-16-27-20)21-8-7-18(11-19(21)13-29)17-5-3-2-4-6-17/h2-8,11-12,16H,9-10,13-14H2,1H3,(H,24,26)(H,25,27). The van der Waals surface area contributed by atoms with Gasteiger partial charge in [-0.1, -0.05) is 36.4 Å². The van der Waals surface area contributed by atoms with Crippen LogP contribution in [-0.4, -0.2) is 41.0 Å². The lowest BCUT2D eigenvalue weighted by atomic mass is 10.0. The van der Waals surface area contributed by atoms with Crippen molar-refractivity contribution in [2.75, 3.05) is 25.0 Å². The van der Waals surface area contributed by atoms with Crippen LogP contribution in [0.1, 0.15) is 11.3 Å². The number of guanidine groups is 1. The maximum Gasteiger partial charge on any atom is 0.207 e. The smallest absolute Gasteiger partial charge is 0.207 e. The number of fused-ring (bicyclic) bond motifs is 1. The summed E-state index contributed by atoms with van der Waals surface area (Å²) in [5.41, 5.74) is 5.82. The Labute approximate surface area is 170 Å². The molecular formula is C22H23N7. The average Bonchev–Trinajstić information content (AvgIpc) is 3.21. The van der Waals surface area contributed by atoms with Crippen molar-refractivity contribution in [2.24, 2.45) is 4.99 Å². The average molecular weight is 385 g/mol. The number of nitrogens with zero attached hydrogens (tertiary/aromatic N) is 5. The van der Waals surface area contributed by atoms with Crippen LogP contribution in [0.3, 0.4) is 0 Å². The minimum Gasteiger partial charge on any atom is -0.364 e. The zero-order valence-corrected chi connectivity index (χ0v) is 16.3. The first-order valence-corrected chi connectivity index (χ1v) is 9.56. The van der Waals surface area contributed by atoms with Crippen LogP contribution in [0.25, 0.3) is 11.1 Å². The van der Waals surface area contributed by atoms with E-state index in [2.05, 4.69) is 72.5 Å². The van der Waals surface area contributed by atoms with Crippen LogP contribution in [0.15, 0.2) is 66.0 Å². The summed E-state index contributed by atoms with van der Waals surface area (Å²) in [6, 6.07) is 17.0. The van der Waals surface area contributed by atoms with Gasteiger partial charge in [0.05, 0.1) is 18.6 Å². The first kappa shape index (κ1) is 18.6. The van der Waals surface area contributed by atoms with Crippen LogP contribution in [0.5, 0.6) is 0 Å². The number of aromatic nitrogens is 2. The van der Waals surface area contributed by atoms with E-state index in [1.54, 1.807) is 13.4 Å². The molecule has 146 valence electrons. The molecular weight excluding hydrogens is 362 g/mol. The summed E-state index contributed by atoms with van der Waals surface area (Å²) >= 11 is 0. The van der Waals surface area contributed by atoms with Crippen LogP contribution < -0.4 is 10.2 Å². The van der Waals surface area contributed by atoms with Gasteiger partial charge in [-0.25, -0.2) is 4.98 Å². The molecule has 0 atom stereocenters. The molecule has 1 aliphatic heterocycles. The van der Waals surface area contributed by atoms with Crippen LogP contribution in [0, 0.1) is 11.5 Å². The first-order valence-electron chi connectivity index (χ1n) is 9.56. The van der Waals surface area contributed by atoms with Crippen molar-refractivity contribution < 1.29 is 0 Å². The number of aromatic amines is 1. The van der Waals surface area contributed by atoms with E-state index in [9.17, 15) is 0 Å². The minimum atomic E-state index is 0.590. The Bertz CT molecular complexity index is 1020. The van der Waals surface area contributed by atoms with Gasteiger partial charge >= 0.3 is 0 Å². The van der Waals surface area contributed by atoms with Crippen LogP contribution in [-0.2, 0) is 13.1 Å². The number of hydrogen-bond acceptors (Lipinski definition) is 4. The number of anilines is 1. The normalized spacial score (nSPS) is 14.1. The fourth-order valence-electron chi connectivity index (χ4n) is 3.73. The fourth-order valence-corrected chi connectivity index (χ4v) is 3.73. The summed E-state index contributed by atoms with van der Waals surface area (Å²) < 4.78 is 0. The third-order valence-corrected chi connectivity index (χ3v) is 5.12. The highest BCUT2D eigenvalue weighted by Crippen LogP contribution is 2.31. The highest BCUT2D eigenvalue weighted by Gasteiger charge is 2.23. The highest BCUT2D eigenvalue weighted by atomic mass is 15.3. The number of nitrogens with one attached hydrogen (secondary N) is 2. The molecule has 29 heavy (non-hydrogen) atoms. The zero-order chi connectivity index (χ0) is 20.1. The summed E-state index contributed by atoms with van der Waals surface area (Å²) in [5.74, 6) is 0.590. The second-order valence-electron chi connectivity index (χ2n) is 6.91. The topological polar surface area (TPSA) is 83.3 Å². The second kappa shape index (κ2) is 8.48. The van der Waals surface area contributed by atoms with E-state index in [4.69, 9.17) is 5.26 Å². The Kier molecular flexibility index (Phi) is 5.43. The molecule has 0 amide bonds. The van der Waals surface area contributed by atoms with Gasteiger partial charge in [0, 0.05) is 38.6 Å². The fraction of sp³-hybridized carbons (Fsp3) is 0.227. The third kappa shape index (κ3) is 4.06. The van der Waals surface area contributed by atoms with Gasteiger partial charge in [-0.15, -0.1) is 0 Å². The number of aliphatic imine (C=N–C) groups is 1. The molecule has 2 heterocycles. The molecule has 1 aliphatic rings. The van der Waals surface area contributed by atoms with Gasteiger partial charge < -0.3 is 14.8 Å². The highest BCUT2D eigenvalue weighted by molar-refractivity contribution is 5.82. The van der Waals surface area contributed by atoms with Gasteiger partial charge in [0.2, 0.25) is 5.96 Å². The van der Waals surface area contributed by atoms with E-state index < -0.39 is 0 Å². The maximum atomic E-state index is 9.09. The summed E-state index contributed by atoms with van der Waals surface area (Å²) in [6.45, 7) is 2.99. The number of rotatable bonds is 3. The zero-order valence-electron chi connectivity index (χ0n) is 16.3. The number of nitriles is 1. The van der Waals surface area contributed by atoms with Crippen molar-refractivity contribution in [3.05, 3.63) is 72.3 Å². The number of H-pyrrole nitrogens is 1. The molecule has 0 aliphatic carbocycles. The molecule has 2 N–H and O–H groups in total. The largest absolute Gasteiger partial charge is 0.364 e. The molecule has 0 fully saturated rings. The summed E-state index contributed by atoms with van der Waals surface area (Å²) in [5, 5.41) is 11.8. The van der Waals surface area contributed by atoms with E-state index in [-0.39, 0.29) is 0 Å². The van der Waals surface area contributed by atoms with Crippen molar-refractivity contribution in [3.63, 3.8) is 0 Å². The number of hydrogen-bond donors (Lipinski definition) is 2.